The SMILES string of the molecule is Cl.Cl.Clc1nc2ccccc2cc1[C@@H](c1cccs1)N1CCNCC1. The number of hydrogen-bond donors (Lipinski definition) is 1. The van der Waals surface area contributed by atoms with Gasteiger partial charge in [-0.25, -0.2) is 4.98 Å². The fraction of sp³-hybridized carbons (Fsp3) is 0.278. The van der Waals surface area contributed by atoms with E-state index in [0.29, 0.717) is 5.15 Å². The van der Waals surface area contributed by atoms with E-state index in [0.717, 1.165) is 42.6 Å². The van der Waals surface area contributed by atoms with Gasteiger partial charge in [0.1, 0.15) is 5.15 Å². The van der Waals surface area contributed by atoms with Crippen molar-refractivity contribution in [2.45, 2.75) is 6.04 Å². The van der Waals surface area contributed by atoms with Crippen molar-refractivity contribution < 1.29 is 0 Å². The van der Waals surface area contributed by atoms with Gasteiger partial charge in [0.15, 0.2) is 0 Å². The van der Waals surface area contributed by atoms with E-state index in [9.17, 15) is 0 Å². The quantitative estimate of drug-likeness (QED) is 0.622. The average molecular weight is 417 g/mol. The van der Waals surface area contributed by atoms with Crippen molar-refractivity contribution in [1.29, 1.82) is 0 Å². The molecule has 1 saturated heterocycles. The Bertz CT molecular complexity index is 804. The zero-order valence-electron chi connectivity index (χ0n) is 13.5. The topological polar surface area (TPSA) is 28.2 Å². The van der Waals surface area contributed by atoms with Crippen LogP contribution in [0.2, 0.25) is 5.15 Å². The Morgan fingerprint density at radius 3 is 2.56 bits per heavy atom. The van der Waals surface area contributed by atoms with Gasteiger partial charge in [-0.1, -0.05) is 35.9 Å². The normalized spacial score (nSPS) is 16.0. The van der Waals surface area contributed by atoms with E-state index in [1.54, 1.807) is 11.3 Å². The zero-order chi connectivity index (χ0) is 15.6. The van der Waals surface area contributed by atoms with Gasteiger partial charge in [-0.05, 0) is 23.6 Å². The van der Waals surface area contributed by atoms with Crippen LogP contribution in [0, 0.1) is 0 Å². The molecule has 1 aromatic carbocycles. The third kappa shape index (κ3) is 4.27. The van der Waals surface area contributed by atoms with Crippen LogP contribution in [-0.4, -0.2) is 36.1 Å². The van der Waals surface area contributed by atoms with Crippen LogP contribution < -0.4 is 5.32 Å². The molecule has 1 N–H and O–H groups in total. The molecular weight excluding hydrogens is 397 g/mol. The van der Waals surface area contributed by atoms with Crippen LogP contribution in [0.1, 0.15) is 16.5 Å². The number of benzene rings is 1. The molecule has 1 fully saturated rings. The number of fused-ring (bicyclic) bond motifs is 1. The van der Waals surface area contributed by atoms with Crippen molar-refractivity contribution >= 4 is 58.7 Å². The third-order valence-corrected chi connectivity index (χ3v) is 5.56. The van der Waals surface area contributed by atoms with Gasteiger partial charge in [0, 0.05) is 42.0 Å². The number of thiophene rings is 1. The highest BCUT2D eigenvalue weighted by atomic mass is 35.5. The maximum absolute atomic E-state index is 6.59. The second-order valence-electron chi connectivity index (χ2n) is 5.77. The zero-order valence-corrected chi connectivity index (χ0v) is 16.7. The number of nitrogens with zero attached hydrogens (tertiary/aromatic N) is 2. The average Bonchev–Trinajstić information content (AvgIpc) is 3.11. The molecular formula is C18H20Cl3N3S. The van der Waals surface area contributed by atoms with E-state index in [2.05, 4.69) is 44.8 Å². The first kappa shape index (κ1) is 20.4. The lowest BCUT2D eigenvalue weighted by Crippen LogP contribution is -2.45. The molecule has 4 rings (SSSR count). The van der Waals surface area contributed by atoms with Crippen molar-refractivity contribution in [2.24, 2.45) is 0 Å². The summed E-state index contributed by atoms with van der Waals surface area (Å²) in [6.45, 7) is 4.07. The molecule has 0 unspecified atom stereocenters. The molecule has 1 aliphatic rings. The van der Waals surface area contributed by atoms with E-state index < -0.39 is 0 Å². The third-order valence-electron chi connectivity index (χ3n) is 4.33. The van der Waals surface area contributed by atoms with Gasteiger partial charge in [-0.2, -0.15) is 0 Å². The molecule has 0 spiro atoms. The molecule has 0 saturated carbocycles. The minimum atomic E-state index is 0. The fourth-order valence-corrected chi connectivity index (χ4v) is 4.34. The number of halogens is 3. The Kier molecular flexibility index (Phi) is 7.50. The first-order chi connectivity index (χ1) is 11.3. The molecule has 1 atom stereocenters. The Hall–Kier alpha value is -0.880. The molecule has 3 aromatic rings. The van der Waals surface area contributed by atoms with Crippen molar-refractivity contribution in [2.75, 3.05) is 26.2 Å². The summed E-state index contributed by atoms with van der Waals surface area (Å²) in [6, 6.07) is 14.9. The summed E-state index contributed by atoms with van der Waals surface area (Å²) < 4.78 is 0. The predicted molar refractivity (Wildman–Crippen MR) is 112 cm³/mol. The van der Waals surface area contributed by atoms with E-state index in [1.807, 2.05) is 18.2 Å². The molecule has 25 heavy (non-hydrogen) atoms. The number of piperazine rings is 1. The fourth-order valence-electron chi connectivity index (χ4n) is 3.22. The lowest BCUT2D eigenvalue weighted by Gasteiger charge is -2.35. The lowest BCUT2D eigenvalue weighted by atomic mass is 10.0. The predicted octanol–water partition coefficient (Wildman–Crippen LogP) is 4.79. The minimum Gasteiger partial charge on any atom is -0.314 e. The molecule has 0 aliphatic carbocycles. The summed E-state index contributed by atoms with van der Waals surface area (Å²) >= 11 is 8.37. The smallest absolute Gasteiger partial charge is 0.134 e. The molecule has 0 bridgehead atoms. The molecule has 3 nitrogen and oxygen atoms in total. The number of para-hydroxylation sites is 1. The van der Waals surface area contributed by atoms with E-state index in [4.69, 9.17) is 11.6 Å². The number of pyridine rings is 1. The van der Waals surface area contributed by atoms with Crippen LogP contribution in [0.25, 0.3) is 10.9 Å². The largest absolute Gasteiger partial charge is 0.314 e. The van der Waals surface area contributed by atoms with Gasteiger partial charge >= 0.3 is 0 Å². The summed E-state index contributed by atoms with van der Waals surface area (Å²) in [7, 11) is 0. The molecule has 1 aliphatic heterocycles. The molecule has 3 heterocycles. The van der Waals surface area contributed by atoms with Gasteiger partial charge in [0.25, 0.3) is 0 Å². The van der Waals surface area contributed by atoms with Crippen molar-refractivity contribution in [3.05, 3.63) is 63.4 Å². The van der Waals surface area contributed by atoms with Crippen LogP contribution in [0.15, 0.2) is 47.8 Å². The van der Waals surface area contributed by atoms with Gasteiger partial charge in [0.2, 0.25) is 0 Å². The summed E-state index contributed by atoms with van der Waals surface area (Å²) in [6.07, 6.45) is 0. The molecule has 0 radical (unpaired) electrons. The van der Waals surface area contributed by atoms with Gasteiger partial charge in [-0.3, -0.25) is 4.90 Å². The van der Waals surface area contributed by atoms with Crippen molar-refractivity contribution in [1.82, 2.24) is 15.2 Å². The highest BCUT2D eigenvalue weighted by Crippen LogP contribution is 2.36. The van der Waals surface area contributed by atoms with Crippen LogP contribution >= 0.6 is 47.8 Å². The maximum atomic E-state index is 6.59. The Morgan fingerprint density at radius 2 is 1.84 bits per heavy atom. The van der Waals surface area contributed by atoms with Crippen LogP contribution in [0.4, 0.5) is 0 Å². The standard InChI is InChI=1S/C18H18ClN3S.2ClH/c19-18-14(12-13-4-1-2-5-15(13)21-18)17(16-6-3-11-23-16)22-9-7-20-8-10-22;;/h1-6,11-12,17,20H,7-10H2;2*1H/t17-;;/m0../s1. The van der Waals surface area contributed by atoms with Crippen molar-refractivity contribution in [3.63, 3.8) is 0 Å². The summed E-state index contributed by atoms with van der Waals surface area (Å²) in [5.74, 6) is 0. The first-order valence-electron chi connectivity index (χ1n) is 7.86. The van der Waals surface area contributed by atoms with Gasteiger partial charge < -0.3 is 5.32 Å². The van der Waals surface area contributed by atoms with E-state index in [-0.39, 0.29) is 30.9 Å². The number of hydrogen-bond acceptors (Lipinski definition) is 4. The monoisotopic (exact) mass is 415 g/mol. The number of nitrogens with one attached hydrogen (secondary N) is 1. The Morgan fingerprint density at radius 1 is 1.08 bits per heavy atom. The van der Waals surface area contributed by atoms with Crippen molar-refractivity contribution in [3.8, 4) is 0 Å². The number of rotatable bonds is 3. The Labute approximate surface area is 169 Å². The highest BCUT2D eigenvalue weighted by Gasteiger charge is 2.27. The maximum Gasteiger partial charge on any atom is 0.134 e. The van der Waals surface area contributed by atoms with Gasteiger partial charge in [0.05, 0.1) is 11.6 Å². The molecule has 2 aromatic heterocycles. The molecule has 134 valence electrons. The number of aromatic nitrogens is 1. The first-order valence-corrected chi connectivity index (χ1v) is 9.12. The Balaban J connectivity index is 0.00000113. The molecule has 0 amide bonds. The summed E-state index contributed by atoms with van der Waals surface area (Å²) in [5.41, 5.74) is 2.06. The second-order valence-corrected chi connectivity index (χ2v) is 7.10. The molecule has 7 heteroatoms. The minimum absolute atomic E-state index is 0. The van der Waals surface area contributed by atoms with E-state index >= 15 is 0 Å². The van der Waals surface area contributed by atoms with Crippen LogP contribution in [0.5, 0.6) is 0 Å². The van der Waals surface area contributed by atoms with Crippen LogP contribution in [0.3, 0.4) is 0 Å². The lowest BCUT2D eigenvalue weighted by molar-refractivity contribution is 0.200. The van der Waals surface area contributed by atoms with Gasteiger partial charge in [-0.15, -0.1) is 36.2 Å². The van der Waals surface area contributed by atoms with E-state index in [1.165, 1.54) is 4.88 Å². The summed E-state index contributed by atoms with van der Waals surface area (Å²) in [5, 5.41) is 7.31. The second kappa shape index (κ2) is 9.17. The summed E-state index contributed by atoms with van der Waals surface area (Å²) in [4.78, 5) is 8.45. The highest BCUT2D eigenvalue weighted by molar-refractivity contribution is 7.10. The van der Waals surface area contributed by atoms with Crippen LogP contribution in [-0.2, 0) is 0 Å².